The highest BCUT2D eigenvalue weighted by molar-refractivity contribution is 6.09. The topological polar surface area (TPSA) is 82.9 Å². The van der Waals surface area contributed by atoms with E-state index in [-0.39, 0.29) is 18.2 Å². The molecule has 1 aliphatic heterocycles. The lowest BCUT2D eigenvalue weighted by atomic mass is 10.0. The molecule has 0 aromatic heterocycles. The Balaban J connectivity index is 1.85. The molecule has 0 spiro atoms. The van der Waals surface area contributed by atoms with Crippen LogP contribution in [0.3, 0.4) is 0 Å². The lowest BCUT2D eigenvalue weighted by Crippen LogP contribution is -2.29. The summed E-state index contributed by atoms with van der Waals surface area (Å²) in [5, 5.41) is 7.71. The quantitative estimate of drug-likeness (QED) is 0.641. The predicted molar refractivity (Wildman–Crippen MR) is 85.6 cm³/mol. The standard InChI is InChI=1S/C16H20N4O2/c1-10(2)13-6-4-12(5-7-13)9-17-19-15(21)8-14-11(3)18-20-16(14)22/h4-7,9-10,14H,8H2,1-3H3,(H,19,21)(H,20,22)/b17-9+. The van der Waals surface area contributed by atoms with E-state index in [1.807, 2.05) is 24.3 Å². The van der Waals surface area contributed by atoms with E-state index < -0.39 is 5.92 Å². The van der Waals surface area contributed by atoms with E-state index in [2.05, 4.69) is 34.9 Å². The fourth-order valence-corrected chi connectivity index (χ4v) is 2.11. The minimum absolute atomic E-state index is 0.0464. The maximum absolute atomic E-state index is 11.8. The van der Waals surface area contributed by atoms with E-state index >= 15 is 0 Å². The monoisotopic (exact) mass is 300 g/mol. The van der Waals surface area contributed by atoms with Crippen LogP contribution in [0.2, 0.25) is 0 Å². The average molecular weight is 300 g/mol. The zero-order valence-corrected chi connectivity index (χ0v) is 13.0. The minimum atomic E-state index is -0.500. The molecule has 6 heteroatoms. The Bertz CT molecular complexity index is 618. The summed E-state index contributed by atoms with van der Waals surface area (Å²) in [6.07, 6.45) is 1.63. The fourth-order valence-electron chi connectivity index (χ4n) is 2.11. The first-order valence-electron chi connectivity index (χ1n) is 7.23. The first-order valence-corrected chi connectivity index (χ1v) is 7.23. The second-order valence-corrected chi connectivity index (χ2v) is 5.60. The van der Waals surface area contributed by atoms with Gasteiger partial charge in [0.25, 0.3) is 0 Å². The van der Waals surface area contributed by atoms with Gasteiger partial charge in [0.1, 0.15) is 0 Å². The molecular weight excluding hydrogens is 280 g/mol. The molecule has 2 amide bonds. The van der Waals surface area contributed by atoms with Crippen LogP contribution >= 0.6 is 0 Å². The number of nitrogens with zero attached hydrogens (tertiary/aromatic N) is 2. The van der Waals surface area contributed by atoms with Gasteiger partial charge in [0.05, 0.1) is 12.1 Å². The van der Waals surface area contributed by atoms with E-state index in [4.69, 9.17) is 0 Å². The Hall–Kier alpha value is -2.50. The van der Waals surface area contributed by atoms with Crippen LogP contribution in [-0.2, 0) is 9.59 Å². The summed E-state index contributed by atoms with van der Waals surface area (Å²) in [5.74, 6) is -0.582. The van der Waals surface area contributed by atoms with Crippen molar-refractivity contribution < 1.29 is 9.59 Å². The van der Waals surface area contributed by atoms with Crippen molar-refractivity contribution in [1.29, 1.82) is 0 Å². The molecular formula is C16H20N4O2. The highest BCUT2D eigenvalue weighted by atomic mass is 16.2. The molecule has 1 aromatic rings. The molecule has 2 rings (SSSR count). The molecule has 1 atom stereocenters. The molecule has 22 heavy (non-hydrogen) atoms. The Morgan fingerprint density at radius 1 is 1.41 bits per heavy atom. The normalized spacial score (nSPS) is 17.7. The van der Waals surface area contributed by atoms with Crippen molar-refractivity contribution in [3.05, 3.63) is 35.4 Å². The molecule has 0 radical (unpaired) electrons. The number of hydrazone groups is 2. The summed E-state index contributed by atoms with van der Waals surface area (Å²) in [5.41, 5.74) is 7.56. The first-order chi connectivity index (χ1) is 10.5. The summed E-state index contributed by atoms with van der Waals surface area (Å²) in [7, 11) is 0. The van der Waals surface area contributed by atoms with Crippen LogP contribution in [0.25, 0.3) is 0 Å². The number of amides is 2. The number of nitrogens with one attached hydrogen (secondary N) is 2. The summed E-state index contributed by atoms with van der Waals surface area (Å²) in [6.45, 7) is 5.98. The summed E-state index contributed by atoms with van der Waals surface area (Å²) < 4.78 is 0. The number of carbonyl (C=O) groups excluding carboxylic acids is 2. The Labute approximate surface area is 129 Å². The number of carbonyl (C=O) groups is 2. The van der Waals surface area contributed by atoms with Crippen LogP contribution in [0, 0.1) is 5.92 Å². The average Bonchev–Trinajstić information content (AvgIpc) is 2.79. The van der Waals surface area contributed by atoms with Gasteiger partial charge in [0.15, 0.2) is 0 Å². The van der Waals surface area contributed by atoms with Gasteiger partial charge in [-0.15, -0.1) is 0 Å². The second-order valence-electron chi connectivity index (χ2n) is 5.60. The van der Waals surface area contributed by atoms with Gasteiger partial charge in [0.2, 0.25) is 11.8 Å². The molecule has 1 heterocycles. The van der Waals surface area contributed by atoms with Crippen molar-refractivity contribution in [3.8, 4) is 0 Å². The molecule has 0 saturated carbocycles. The highest BCUT2D eigenvalue weighted by Gasteiger charge is 2.28. The third-order valence-electron chi connectivity index (χ3n) is 3.56. The van der Waals surface area contributed by atoms with E-state index in [0.717, 1.165) is 5.56 Å². The van der Waals surface area contributed by atoms with Gasteiger partial charge in [-0.3, -0.25) is 9.59 Å². The van der Waals surface area contributed by atoms with Gasteiger partial charge < -0.3 is 0 Å². The molecule has 0 bridgehead atoms. The maximum Gasteiger partial charge on any atom is 0.249 e. The van der Waals surface area contributed by atoms with E-state index in [0.29, 0.717) is 11.6 Å². The van der Waals surface area contributed by atoms with Gasteiger partial charge in [-0.2, -0.15) is 10.2 Å². The summed E-state index contributed by atoms with van der Waals surface area (Å²) in [4.78, 5) is 23.2. The smallest absolute Gasteiger partial charge is 0.249 e. The summed E-state index contributed by atoms with van der Waals surface area (Å²) >= 11 is 0. The van der Waals surface area contributed by atoms with Gasteiger partial charge in [0, 0.05) is 12.1 Å². The molecule has 0 aliphatic carbocycles. The molecule has 6 nitrogen and oxygen atoms in total. The number of hydrogen-bond donors (Lipinski definition) is 2. The van der Waals surface area contributed by atoms with Crippen molar-refractivity contribution in [2.75, 3.05) is 0 Å². The zero-order chi connectivity index (χ0) is 16.1. The van der Waals surface area contributed by atoms with Crippen LogP contribution < -0.4 is 10.9 Å². The van der Waals surface area contributed by atoms with E-state index in [1.165, 1.54) is 5.56 Å². The predicted octanol–water partition coefficient (Wildman–Crippen LogP) is 1.77. The van der Waals surface area contributed by atoms with Gasteiger partial charge in [-0.05, 0) is 24.0 Å². The summed E-state index contributed by atoms with van der Waals surface area (Å²) in [6, 6.07) is 7.98. The van der Waals surface area contributed by atoms with Crippen LogP contribution in [0.4, 0.5) is 0 Å². The third-order valence-corrected chi connectivity index (χ3v) is 3.56. The van der Waals surface area contributed by atoms with Crippen LogP contribution in [0.15, 0.2) is 34.5 Å². The Morgan fingerprint density at radius 3 is 2.64 bits per heavy atom. The van der Waals surface area contributed by atoms with Crippen LogP contribution in [0.5, 0.6) is 0 Å². The lowest BCUT2D eigenvalue weighted by molar-refractivity contribution is -0.127. The number of hydrogen-bond acceptors (Lipinski definition) is 4. The Kier molecular flexibility index (Phi) is 5.04. The van der Waals surface area contributed by atoms with Crippen molar-refractivity contribution >= 4 is 23.7 Å². The van der Waals surface area contributed by atoms with E-state index in [1.54, 1.807) is 13.1 Å². The highest BCUT2D eigenvalue weighted by Crippen LogP contribution is 2.14. The van der Waals surface area contributed by atoms with E-state index in [9.17, 15) is 9.59 Å². The second kappa shape index (κ2) is 6.98. The largest absolute Gasteiger partial charge is 0.273 e. The van der Waals surface area contributed by atoms with Crippen molar-refractivity contribution in [2.45, 2.75) is 33.1 Å². The van der Waals surface area contributed by atoms with Crippen LogP contribution in [-0.4, -0.2) is 23.7 Å². The lowest BCUT2D eigenvalue weighted by Gasteiger charge is -2.06. The van der Waals surface area contributed by atoms with Gasteiger partial charge in [-0.1, -0.05) is 38.1 Å². The fraction of sp³-hybridized carbons (Fsp3) is 0.375. The zero-order valence-electron chi connectivity index (χ0n) is 13.0. The molecule has 1 aromatic carbocycles. The number of benzene rings is 1. The maximum atomic E-state index is 11.8. The van der Waals surface area contributed by atoms with Crippen molar-refractivity contribution in [2.24, 2.45) is 16.1 Å². The molecule has 0 saturated heterocycles. The van der Waals surface area contributed by atoms with Crippen LogP contribution in [0.1, 0.15) is 44.2 Å². The molecule has 1 unspecified atom stereocenters. The number of rotatable bonds is 5. The van der Waals surface area contributed by atoms with Crippen molar-refractivity contribution in [3.63, 3.8) is 0 Å². The van der Waals surface area contributed by atoms with Gasteiger partial charge in [-0.25, -0.2) is 10.9 Å². The molecule has 2 N–H and O–H groups in total. The molecule has 1 aliphatic rings. The SMILES string of the molecule is CC1=NNC(=O)C1CC(=O)N/N=C/c1ccc(C(C)C)cc1. The molecule has 116 valence electrons. The van der Waals surface area contributed by atoms with Gasteiger partial charge >= 0.3 is 0 Å². The minimum Gasteiger partial charge on any atom is -0.273 e. The van der Waals surface area contributed by atoms with Crippen molar-refractivity contribution in [1.82, 2.24) is 10.9 Å². The molecule has 0 fully saturated rings. The third kappa shape index (κ3) is 4.00. The Morgan fingerprint density at radius 2 is 2.09 bits per heavy atom. The first kappa shape index (κ1) is 15.9.